The zero-order valence-electron chi connectivity index (χ0n) is 12.7. The lowest BCUT2D eigenvalue weighted by Crippen LogP contribution is -2.61. The van der Waals surface area contributed by atoms with Crippen molar-refractivity contribution in [1.82, 2.24) is 4.72 Å². The minimum absolute atomic E-state index is 0.243. The van der Waals surface area contributed by atoms with Gasteiger partial charge in [-0.25, -0.2) is 17.6 Å². The van der Waals surface area contributed by atoms with Crippen LogP contribution in [0.2, 0.25) is 0 Å². The Morgan fingerprint density at radius 2 is 1.87 bits per heavy atom. The molecule has 0 amide bonds. The monoisotopic (exact) mass is 419 g/mol. The normalized spacial score (nSPS) is 17.9. The molecule has 1 aromatic carbocycles. The molecule has 3 nitrogen and oxygen atoms in total. The summed E-state index contributed by atoms with van der Waals surface area (Å²) in [5.74, 6) is -1.09. The highest BCUT2D eigenvalue weighted by Gasteiger charge is 2.55. The number of alkyl halides is 3. The summed E-state index contributed by atoms with van der Waals surface area (Å²) in [6.07, 6.45) is -6.03. The van der Waals surface area contributed by atoms with E-state index in [1.54, 1.807) is 0 Å². The van der Waals surface area contributed by atoms with E-state index < -0.39 is 52.2 Å². The van der Waals surface area contributed by atoms with E-state index in [2.05, 4.69) is 15.9 Å². The van der Waals surface area contributed by atoms with Gasteiger partial charge in [0, 0.05) is 21.4 Å². The third-order valence-electron chi connectivity index (χ3n) is 3.19. The van der Waals surface area contributed by atoms with E-state index in [0.717, 1.165) is 12.1 Å². The van der Waals surface area contributed by atoms with Crippen LogP contribution in [0.3, 0.4) is 0 Å². The van der Waals surface area contributed by atoms with E-state index in [9.17, 15) is 22.1 Å². The molecule has 0 aliphatic carbocycles. The van der Waals surface area contributed by atoms with Gasteiger partial charge in [-0.15, -0.1) is 4.72 Å². The summed E-state index contributed by atoms with van der Waals surface area (Å²) >= 11 is 0.887. The fourth-order valence-corrected chi connectivity index (χ4v) is 3.15. The summed E-state index contributed by atoms with van der Waals surface area (Å²) in [5, 5.41) is 9.08. The van der Waals surface area contributed by atoms with Crippen molar-refractivity contribution in [2.24, 2.45) is 0 Å². The number of halogens is 5. The Labute approximate surface area is 143 Å². The van der Waals surface area contributed by atoms with Crippen LogP contribution < -0.4 is 4.72 Å². The van der Waals surface area contributed by atoms with Crippen LogP contribution in [0.5, 0.6) is 0 Å². The molecule has 3 atom stereocenters. The van der Waals surface area contributed by atoms with E-state index >= 15 is 0 Å². The molecule has 0 heterocycles. The van der Waals surface area contributed by atoms with Crippen LogP contribution >= 0.6 is 15.9 Å². The highest BCUT2D eigenvalue weighted by Crippen LogP contribution is 2.38. The maximum atomic E-state index is 14.3. The summed E-state index contributed by atoms with van der Waals surface area (Å²) in [6.45, 7) is 3.20. The molecule has 0 aliphatic heterocycles. The second-order valence-electron chi connectivity index (χ2n) is 5.93. The van der Waals surface area contributed by atoms with Gasteiger partial charge in [0.2, 0.25) is 0 Å². The van der Waals surface area contributed by atoms with E-state index in [1.165, 1.54) is 26.8 Å². The Morgan fingerprint density at radius 1 is 1.30 bits per heavy atom. The molecule has 0 fully saturated rings. The third kappa shape index (κ3) is 4.39. The largest absolute Gasteiger partial charge is 0.598 e. The first-order chi connectivity index (χ1) is 10.5. The van der Waals surface area contributed by atoms with E-state index in [-0.39, 0.29) is 4.47 Å². The molecule has 1 rings (SSSR count). The van der Waals surface area contributed by atoms with Crippen LogP contribution in [0.15, 0.2) is 22.7 Å². The predicted octanol–water partition coefficient (Wildman–Crippen LogP) is 3.43. The number of benzene rings is 1. The molecule has 2 N–H and O–H groups in total. The van der Waals surface area contributed by atoms with Crippen LogP contribution in [-0.4, -0.2) is 33.6 Å². The van der Waals surface area contributed by atoms with Gasteiger partial charge in [0.15, 0.2) is 11.7 Å². The van der Waals surface area contributed by atoms with Gasteiger partial charge in [-0.05, 0) is 39.0 Å². The molecule has 0 bridgehead atoms. The predicted molar refractivity (Wildman–Crippen MR) is 84.8 cm³/mol. The molecule has 9 heteroatoms. The Balaban J connectivity index is 3.55. The molecule has 132 valence electrons. The van der Waals surface area contributed by atoms with Crippen LogP contribution in [0.1, 0.15) is 26.3 Å². The molecular weight excluding hydrogens is 402 g/mol. The van der Waals surface area contributed by atoms with Crippen molar-refractivity contribution in [3.8, 4) is 0 Å². The van der Waals surface area contributed by atoms with Crippen molar-refractivity contribution in [2.45, 2.75) is 43.7 Å². The fourth-order valence-electron chi connectivity index (χ4n) is 1.85. The van der Waals surface area contributed by atoms with Gasteiger partial charge >= 0.3 is 0 Å². The van der Waals surface area contributed by atoms with Crippen LogP contribution in [0.25, 0.3) is 0 Å². The highest BCUT2D eigenvalue weighted by molar-refractivity contribution is 9.10. The first kappa shape index (κ1) is 20.7. The molecule has 1 aromatic rings. The highest BCUT2D eigenvalue weighted by atomic mass is 79.9. The number of aliphatic hydroxyl groups excluding tert-OH is 1. The SMILES string of the molecule is CC(C)(C)[S+]([O-])N[C@@](c1cc(Br)ccc1F)(C(F)F)[C@H](F)CO. The second-order valence-corrected chi connectivity index (χ2v) is 8.81. The van der Waals surface area contributed by atoms with Gasteiger partial charge < -0.3 is 9.66 Å². The van der Waals surface area contributed by atoms with Crippen molar-refractivity contribution in [2.75, 3.05) is 6.61 Å². The summed E-state index contributed by atoms with van der Waals surface area (Å²) in [4.78, 5) is 0. The van der Waals surface area contributed by atoms with Crippen LogP contribution in [0.4, 0.5) is 17.6 Å². The van der Waals surface area contributed by atoms with Gasteiger partial charge in [0.1, 0.15) is 10.6 Å². The van der Waals surface area contributed by atoms with Crippen molar-refractivity contribution < 1.29 is 27.2 Å². The molecule has 0 saturated carbocycles. The minimum Gasteiger partial charge on any atom is -0.598 e. The number of rotatable bonds is 6. The Bertz CT molecular complexity index is 544. The maximum absolute atomic E-state index is 14.3. The molecule has 0 aromatic heterocycles. The van der Waals surface area contributed by atoms with Gasteiger partial charge in [0.05, 0.1) is 6.61 Å². The van der Waals surface area contributed by atoms with Crippen LogP contribution in [-0.2, 0) is 16.9 Å². The molecule has 0 spiro atoms. The smallest absolute Gasteiger partial charge is 0.267 e. The summed E-state index contributed by atoms with van der Waals surface area (Å²) in [6, 6.07) is 3.14. The van der Waals surface area contributed by atoms with E-state index in [1.807, 2.05) is 4.72 Å². The standard InChI is InChI=1S/C14H18BrF4NO2S/c1-13(2,3)23(22)20-14(12(18)19,11(17)7-21)9-6-8(15)4-5-10(9)16/h4-6,11-12,20-21H,7H2,1-3H3/t11-,14-,23?/m1/s1. The maximum Gasteiger partial charge on any atom is 0.267 e. The van der Waals surface area contributed by atoms with Gasteiger partial charge in [-0.3, -0.25) is 0 Å². The molecule has 0 aliphatic rings. The lowest BCUT2D eigenvalue weighted by atomic mass is 9.86. The zero-order valence-corrected chi connectivity index (χ0v) is 15.1. The lowest BCUT2D eigenvalue weighted by Gasteiger charge is -2.38. The molecule has 1 unspecified atom stereocenters. The fraction of sp³-hybridized carbons (Fsp3) is 0.571. The quantitative estimate of drug-likeness (QED) is 0.548. The van der Waals surface area contributed by atoms with Crippen molar-refractivity contribution >= 4 is 27.3 Å². The average molecular weight is 420 g/mol. The Hall–Kier alpha value is -0.350. The van der Waals surface area contributed by atoms with Gasteiger partial charge in [-0.2, -0.15) is 0 Å². The van der Waals surface area contributed by atoms with E-state index in [0.29, 0.717) is 0 Å². The first-order valence-corrected chi connectivity index (χ1v) is 8.59. The molecular formula is C14H18BrF4NO2S. The minimum atomic E-state index is -3.46. The number of hydrogen-bond acceptors (Lipinski definition) is 3. The molecule has 0 radical (unpaired) electrons. The third-order valence-corrected chi connectivity index (χ3v) is 5.32. The van der Waals surface area contributed by atoms with Crippen molar-refractivity contribution in [3.05, 3.63) is 34.1 Å². The van der Waals surface area contributed by atoms with Crippen LogP contribution in [0, 0.1) is 5.82 Å². The number of aliphatic hydroxyl groups is 1. The topological polar surface area (TPSA) is 55.3 Å². The second kappa shape index (κ2) is 7.69. The van der Waals surface area contributed by atoms with Crippen molar-refractivity contribution in [1.29, 1.82) is 0 Å². The lowest BCUT2D eigenvalue weighted by molar-refractivity contribution is -0.0304. The molecule has 0 saturated heterocycles. The van der Waals surface area contributed by atoms with Gasteiger partial charge in [-0.1, -0.05) is 15.9 Å². The average Bonchev–Trinajstić information content (AvgIpc) is 2.45. The number of nitrogens with one attached hydrogen (secondary N) is 1. The Kier molecular flexibility index (Phi) is 6.92. The first-order valence-electron chi connectivity index (χ1n) is 6.65. The van der Waals surface area contributed by atoms with Crippen molar-refractivity contribution in [3.63, 3.8) is 0 Å². The summed E-state index contributed by atoms with van der Waals surface area (Å²) in [7, 11) is 0. The summed E-state index contributed by atoms with van der Waals surface area (Å²) < 4.78 is 69.6. The van der Waals surface area contributed by atoms with E-state index in [4.69, 9.17) is 5.11 Å². The molecule has 23 heavy (non-hydrogen) atoms. The summed E-state index contributed by atoms with van der Waals surface area (Å²) in [5.41, 5.74) is -3.65. The zero-order chi connectivity index (χ0) is 18.0. The van der Waals surface area contributed by atoms with Gasteiger partial charge in [0.25, 0.3) is 6.43 Å². The Morgan fingerprint density at radius 3 is 2.30 bits per heavy atom. The number of hydrogen-bond donors (Lipinski definition) is 2.